The third-order valence-electron chi connectivity index (χ3n) is 4.05. The summed E-state index contributed by atoms with van der Waals surface area (Å²) >= 11 is 0. The second kappa shape index (κ2) is 9.11. The van der Waals surface area contributed by atoms with Gasteiger partial charge in [-0.2, -0.15) is 0 Å². The van der Waals surface area contributed by atoms with E-state index in [2.05, 4.69) is 0 Å². The molecule has 0 amide bonds. The summed E-state index contributed by atoms with van der Waals surface area (Å²) in [4.78, 5) is 10.9. The van der Waals surface area contributed by atoms with E-state index in [-0.39, 0.29) is 17.3 Å². The number of rotatable bonds is 7. The van der Waals surface area contributed by atoms with Gasteiger partial charge in [0.2, 0.25) is 6.29 Å². The molecule has 1 saturated heterocycles. The first-order valence-corrected chi connectivity index (χ1v) is 8.29. The van der Waals surface area contributed by atoms with Crippen LogP contribution in [-0.4, -0.2) is 68.6 Å². The Morgan fingerprint density at radius 2 is 1.96 bits per heavy atom. The van der Waals surface area contributed by atoms with Crippen molar-refractivity contribution < 1.29 is 39.8 Å². The van der Waals surface area contributed by atoms with E-state index in [1.54, 1.807) is 12.1 Å². The first-order chi connectivity index (χ1) is 12.3. The van der Waals surface area contributed by atoms with E-state index in [4.69, 9.17) is 14.6 Å². The summed E-state index contributed by atoms with van der Waals surface area (Å²) < 4.78 is 10.6. The molecule has 8 heteroatoms. The Bertz CT molecular complexity index is 642. The van der Waals surface area contributed by atoms with Gasteiger partial charge >= 0.3 is 0 Å². The van der Waals surface area contributed by atoms with Crippen LogP contribution in [0, 0.1) is 0 Å². The van der Waals surface area contributed by atoms with Gasteiger partial charge in [-0.25, -0.2) is 0 Å². The highest BCUT2D eigenvalue weighted by atomic mass is 16.7. The molecule has 5 atom stereocenters. The topological polar surface area (TPSA) is 137 Å². The monoisotopic (exact) mass is 368 g/mol. The average Bonchev–Trinajstić information content (AvgIpc) is 2.61. The lowest BCUT2D eigenvalue weighted by atomic mass is 9.99. The Balaban J connectivity index is 2.04. The number of hydrogen-bond acceptors (Lipinski definition) is 8. The van der Waals surface area contributed by atoms with E-state index in [0.717, 1.165) is 0 Å². The van der Waals surface area contributed by atoms with Crippen LogP contribution in [0.1, 0.15) is 25.3 Å². The molecule has 5 N–H and O–H groups in total. The van der Waals surface area contributed by atoms with Crippen LogP contribution in [0.5, 0.6) is 11.5 Å². The van der Waals surface area contributed by atoms with Crippen molar-refractivity contribution in [3.8, 4) is 11.5 Å². The molecule has 144 valence electrons. The van der Waals surface area contributed by atoms with Gasteiger partial charge in [-0.1, -0.05) is 18.2 Å². The number of Topliss-reactive ketones (excluding diaryl/α,β-unsaturated/α-hetero) is 1. The summed E-state index contributed by atoms with van der Waals surface area (Å²) in [7, 11) is 0. The van der Waals surface area contributed by atoms with Crippen molar-refractivity contribution in [3.05, 3.63) is 29.8 Å². The summed E-state index contributed by atoms with van der Waals surface area (Å²) in [6, 6.07) is 4.55. The predicted octanol–water partition coefficient (Wildman–Crippen LogP) is -0.0467. The summed E-state index contributed by atoms with van der Waals surface area (Å²) in [5.41, 5.74) is 0.687. The van der Waals surface area contributed by atoms with Gasteiger partial charge in [-0.15, -0.1) is 0 Å². The van der Waals surface area contributed by atoms with Gasteiger partial charge in [0, 0.05) is 6.42 Å². The molecule has 1 fully saturated rings. The third-order valence-corrected chi connectivity index (χ3v) is 4.05. The summed E-state index contributed by atoms with van der Waals surface area (Å²) in [6.07, 6.45) is -2.45. The van der Waals surface area contributed by atoms with Crippen LogP contribution in [0.3, 0.4) is 0 Å². The summed E-state index contributed by atoms with van der Waals surface area (Å²) in [5, 5.41) is 48.7. The zero-order valence-corrected chi connectivity index (χ0v) is 14.4. The van der Waals surface area contributed by atoms with Crippen LogP contribution in [-0.2, 0) is 9.53 Å². The Morgan fingerprint density at radius 1 is 1.23 bits per heavy atom. The lowest BCUT2D eigenvalue weighted by Crippen LogP contribution is -2.60. The maximum atomic E-state index is 10.9. The molecule has 26 heavy (non-hydrogen) atoms. The highest BCUT2D eigenvalue weighted by Crippen LogP contribution is 2.31. The first-order valence-electron chi connectivity index (χ1n) is 8.29. The van der Waals surface area contributed by atoms with E-state index in [0.29, 0.717) is 18.4 Å². The van der Waals surface area contributed by atoms with Crippen LogP contribution in [0.2, 0.25) is 0 Å². The highest BCUT2D eigenvalue weighted by molar-refractivity contribution is 5.75. The second-order valence-corrected chi connectivity index (χ2v) is 6.19. The van der Waals surface area contributed by atoms with Crippen LogP contribution in [0.15, 0.2) is 24.3 Å². The number of carbonyl (C=O) groups excluding carboxylic acids is 1. The highest BCUT2D eigenvalue weighted by Gasteiger charge is 2.44. The number of ether oxygens (including phenoxy) is 2. The fourth-order valence-electron chi connectivity index (χ4n) is 2.53. The molecule has 2 rings (SSSR count). The number of carbonyl (C=O) groups is 1. The molecular formula is C18H24O8. The zero-order valence-electron chi connectivity index (χ0n) is 14.4. The molecule has 0 spiro atoms. The number of benzene rings is 1. The molecule has 1 heterocycles. The number of aliphatic hydroxyl groups is 4. The lowest BCUT2D eigenvalue weighted by Gasteiger charge is -2.39. The maximum absolute atomic E-state index is 10.9. The number of hydrogen-bond donors (Lipinski definition) is 5. The zero-order chi connectivity index (χ0) is 19.3. The molecule has 0 radical (unpaired) electrons. The number of phenolic OH excluding ortho intramolecular Hbond substituents is 1. The molecule has 0 unspecified atom stereocenters. The van der Waals surface area contributed by atoms with Crippen LogP contribution >= 0.6 is 0 Å². The van der Waals surface area contributed by atoms with Crippen molar-refractivity contribution in [1.29, 1.82) is 0 Å². The Hall–Kier alpha value is -1.97. The fraction of sp³-hybridized carbons (Fsp3) is 0.500. The molecule has 0 aliphatic carbocycles. The molecule has 8 nitrogen and oxygen atoms in total. The minimum absolute atomic E-state index is 0.00946. The van der Waals surface area contributed by atoms with Crippen molar-refractivity contribution in [2.45, 2.75) is 50.5 Å². The number of aliphatic hydroxyl groups excluding tert-OH is 4. The molecule has 0 aromatic heterocycles. The maximum Gasteiger partial charge on any atom is 0.229 e. The second-order valence-electron chi connectivity index (χ2n) is 6.19. The Labute approximate surface area is 150 Å². The van der Waals surface area contributed by atoms with Crippen LogP contribution < -0.4 is 4.74 Å². The van der Waals surface area contributed by atoms with Crippen LogP contribution in [0.25, 0.3) is 6.08 Å². The summed E-state index contributed by atoms with van der Waals surface area (Å²) in [5.74, 6) is -0.105. The molecule has 1 aliphatic heterocycles. The molecular weight excluding hydrogens is 344 g/mol. The Kier molecular flexibility index (Phi) is 7.13. The standard InChI is InChI=1S/C18H24O8/c1-10(20)4-2-3-5-11-6-7-13(12(21)8-11)25-18-17(24)16(23)15(22)14(9-19)26-18/h3,5-8,14-19,21-24H,2,4,9H2,1H3/b5-3+/t14-,15-,16+,17-,18-/m1/s1. The molecule has 1 aliphatic rings. The van der Waals surface area contributed by atoms with E-state index in [9.17, 15) is 25.2 Å². The quantitative estimate of drug-likeness (QED) is 0.452. The fourth-order valence-corrected chi connectivity index (χ4v) is 2.53. The number of aromatic hydroxyl groups is 1. The minimum atomic E-state index is -1.56. The van der Waals surface area contributed by atoms with Gasteiger partial charge in [0.1, 0.15) is 30.2 Å². The predicted molar refractivity (Wildman–Crippen MR) is 91.5 cm³/mol. The van der Waals surface area contributed by atoms with E-state index in [1.807, 2.05) is 6.08 Å². The summed E-state index contributed by atoms with van der Waals surface area (Å²) in [6.45, 7) is 0.950. The van der Waals surface area contributed by atoms with Crippen molar-refractivity contribution in [1.82, 2.24) is 0 Å². The van der Waals surface area contributed by atoms with Crippen molar-refractivity contribution in [2.24, 2.45) is 0 Å². The molecule has 0 bridgehead atoms. The molecule has 1 aromatic carbocycles. The number of phenols is 1. The van der Waals surface area contributed by atoms with Gasteiger partial charge in [0.25, 0.3) is 0 Å². The van der Waals surface area contributed by atoms with Gasteiger partial charge in [0.05, 0.1) is 6.61 Å². The largest absolute Gasteiger partial charge is 0.504 e. The number of ketones is 1. The van der Waals surface area contributed by atoms with Gasteiger partial charge in [-0.05, 0) is 31.0 Å². The van der Waals surface area contributed by atoms with Crippen molar-refractivity contribution >= 4 is 11.9 Å². The normalized spacial score (nSPS) is 29.0. The molecule has 0 saturated carbocycles. The number of allylic oxidation sites excluding steroid dienone is 1. The average molecular weight is 368 g/mol. The SMILES string of the molecule is CC(=O)CC/C=C/c1ccc(O[C@@H]2O[C@H](CO)[C@@H](O)[C@H](O)[C@H]2O)c(O)c1. The van der Waals surface area contributed by atoms with Gasteiger partial charge < -0.3 is 39.8 Å². The van der Waals surface area contributed by atoms with Gasteiger partial charge in [-0.3, -0.25) is 0 Å². The van der Waals surface area contributed by atoms with Gasteiger partial charge in [0.15, 0.2) is 11.5 Å². The van der Waals surface area contributed by atoms with Crippen LogP contribution in [0.4, 0.5) is 0 Å². The smallest absolute Gasteiger partial charge is 0.229 e. The van der Waals surface area contributed by atoms with E-state index >= 15 is 0 Å². The van der Waals surface area contributed by atoms with E-state index in [1.165, 1.54) is 19.1 Å². The van der Waals surface area contributed by atoms with E-state index < -0.39 is 37.3 Å². The third kappa shape index (κ3) is 5.03. The van der Waals surface area contributed by atoms with Crippen molar-refractivity contribution in [3.63, 3.8) is 0 Å². The van der Waals surface area contributed by atoms with Crippen molar-refractivity contribution in [2.75, 3.05) is 6.61 Å². The Morgan fingerprint density at radius 3 is 2.58 bits per heavy atom. The lowest BCUT2D eigenvalue weighted by molar-refractivity contribution is -0.277. The minimum Gasteiger partial charge on any atom is -0.504 e. The first kappa shape index (κ1) is 20.3. The molecule has 1 aromatic rings.